The van der Waals surface area contributed by atoms with E-state index in [0.29, 0.717) is 27.8 Å². The van der Waals surface area contributed by atoms with Crippen LogP contribution >= 0.6 is 11.3 Å². The second-order valence-electron chi connectivity index (χ2n) is 5.23. The van der Waals surface area contributed by atoms with Crippen molar-refractivity contribution in [2.45, 2.75) is 6.54 Å². The Hall–Kier alpha value is -2.93. The fraction of sp³-hybridized carbons (Fsp3) is 0.118. The lowest BCUT2D eigenvalue weighted by Gasteiger charge is -2.16. The molecule has 0 spiro atoms. The summed E-state index contributed by atoms with van der Waals surface area (Å²) < 4.78 is 5.28. The number of nitrogens with zero attached hydrogens (tertiary/aromatic N) is 2. The number of carbonyl (C=O) groups excluding carboxylic acids is 2. The van der Waals surface area contributed by atoms with Gasteiger partial charge in [-0.2, -0.15) is 0 Å². The lowest BCUT2D eigenvalue weighted by Crippen LogP contribution is -2.25. The third-order valence-electron chi connectivity index (χ3n) is 3.43. The van der Waals surface area contributed by atoms with Crippen LogP contribution in [0.25, 0.3) is 10.8 Å². The van der Waals surface area contributed by atoms with Crippen molar-refractivity contribution in [2.75, 3.05) is 7.05 Å². The van der Waals surface area contributed by atoms with Gasteiger partial charge < -0.3 is 15.1 Å². The van der Waals surface area contributed by atoms with Gasteiger partial charge in [0.05, 0.1) is 12.5 Å². The van der Waals surface area contributed by atoms with Crippen molar-refractivity contribution in [1.29, 1.82) is 0 Å². The molecule has 3 rings (SSSR count). The molecule has 0 aliphatic heterocycles. The monoisotopic (exact) mass is 341 g/mol. The number of aromatic nitrogens is 1. The van der Waals surface area contributed by atoms with Crippen LogP contribution in [0, 0.1) is 0 Å². The van der Waals surface area contributed by atoms with E-state index < -0.39 is 5.91 Å². The van der Waals surface area contributed by atoms with E-state index in [1.54, 1.807) is 54.7 Å². The van der Waals surface area contributed by atoms with Crippen molar-refractivity contribution in [3.63, 3.8) is 0 Å². The maximum Gasteiger partial charge on any atom is 0.265 e. The first-order valence-corrected chi connectivity index (χ1v) is 8.00. The summed E-state index contributed by atoms with van der Waals surface area (Å²) in [5, 5.41) is 0.660. The Morgan fingerprint density at radius 2 is 2.12 bits per heavy atom. The molecule has 2 N–H and O–H groups in total. The van der Waals surface area contributed by atoms with Crippen molar-refractivity contribution in [1.82, 2.24) is 9.88 Å². The molecule has 3 aromatic rings. The number of nitrogens with two attached hydrogens (primary N) is 1. The van der Waals surface area contributed by atoms with Gasteiger partial charge in [0.2, 0.25) is 5.91 Å². The Morgan fingerprint density at radius 3 is 2.83 bits per heavy atom. The van der Waals surface area contributed by atoms with E-state index in [-0.39, 0.29) is 5.91 Å². The first-order valence-electron chi connectivity index (χ1n) is 7.18. The first kappa shape index (κ1) is 15.9. The van der Waals surface area contributed by atoms with Gasteiger partial charge in [0.15, 0.2) is 10.8 Å². The van der Waals surface area contributed by atoms with E-state index in [1.807, 2.05) is 6.07 Å². The number of primary amides is 1. The van der Waals surface area contributed by atoms with Crippen molar-refractivity contribution in [2.24, 2.45) is 5.73 Å². The van der Waals surface area contributed by atoms with E-state index in [1.165, 1.54) is 11.3 Å². The normalized spacial score (nSPS) is 10.5. The van der Waals surface area contributed by atoms with Crippen LogP contribution in [0.4, 0.5) is 0 Å². The van der Waals surface area contributed by atoms with Gasteiger partial charge >= 0.3 is 0 Å². The summed E-state index contributed by atoms with van der Waals surface area (Å²) in [4.78, 5) is 30.1. The highest BCUT2D eigenvalue weighted by Crippen LogP contribution is 2.26. The second-order valence-corrected chi connectivity index (χ2v) is 6.26. The van der Waals surface area contributed by atoms with Gasteiger partial charge in [-0.05, 0) is 29.8 Å². The van der Waals surface area contributed by atoms with Crippen molar-refractivity contribution < 1.29 is 14.0 Å². The summed E-state index contributed by atoms with van der Waals surface area (Å²) in [6.07, 6.45) is 3.11. The molecule has 2 heterocycles. The molecule has 0 saturated carbocycles. The number of rotatable bonds is 5. The van der Waals surface area contributed by atoms with Crippen molar-refractivity contribution in [3.8, 4) is 10.8 Å². The highest BCUT2D eigenvalue weighted by atomic mass is 32.1. The van der Waals surface area contributed by atoms with Crippen molar-refractivity contribution >= 4 is 23.2 Å². The molecular weight excluding hydrogens is 326 g/mol. The molecule has 0 unspecified atom stereocenters. The largest absolute Gasteiger partial charge is 0.462 e. The molecule has 24 heavy (non-hydrogen) atoms. The number of benzene rings is 1. The number of furan rings is 1. The predicted molar refractivity (Wildman–Crippen MR) is 90.6 cm³/mol. The molecule has 2 aromatic heterocycles. The van der Waals surface area contributed by atoms with Crippen molar-refractivity contribution in [3.05, 3.63) is 64.9 Å². The van der Waals surface area contributed by atoms with Gasteiger partial charge in [-0.3, -0.25) is 9.59 Å². The quantitative estimate of drug-likeness (QED) is 0.773. The Morgan fingerprint density at radius 1 is 1.29 bits per heavy atom. The zero-order valence-corrected chi connectivity index (χ0v) is 13.7. The van der Waals surface area contributed by atoms with Gasteiger partial charge in [0, 0.05) is 19.2 Å². The second kappa shape index (κ2) is 6.67. The smallest absolute Gasteiger partial charge is 0.265 e. The van der Waals surface area contributed by atoms with Crippen LogP contribution in [0.2, 0.25) is 0 Å². The Balaban J connectivity index is 1.73. The van der Waals surface area contributed by atoms with Crippen LogP contribution < -0.4 is 5.73 Å². The third kappa shape index (κ3) is 3.36. The van der Waals surface area contributed by atoms with Crippen LogP contribution in [0.15, 0.2) is 53.3 Å². The Labute approximate surface area is 142 Å². The van der Waals surface area contributed by atoms with Gasteiger partial charge in [0.1, 0.15) is 4.88 Å². The molecule has 0 aliphatic carbocycles. The van der Waals surface area contributed by atoms with Gasteiger partial charge in [-0.1, -0.05) is 12.1 Å². The molecule has 7 heteroatoms. The predicted octanol–water partition coefficient (Wildman–Crippen LogP) is 2.77. The SMILES string of the molecule is CN(Cc1cccc(C(N)=O)c1)C(=O)c1cnc(-c2ccco2)s1. The van der Waals surface area contributed by atoms with E-state index in [9.17, 15) is 9.59 Å². The fourth-order valence-corrected chi connectivity index (χ4v) is 3.12. The van der Waals surface area contributed by atoms with E-state index >= 15 is 0 Å². The number of carbonyl (C=O) groups is 2. The molecule has 0 aliphatic rings. The van der Waals surface area contributed by atoms with Gasteiger partial charge in [-0.25, -0.2) is 4.98 Å². The molecule has 6 nitrogen and oxygen atoms in total. The molecule has 0 atom stereocenters. The molecule has 0 saturated heterocycles. The Bertz CT molecular complexity index is 871. The molecule has 122 valence electrons. The standard InChI is InChI=1S/C17H15N3O3S/c1-20(10-11-4-2-5-12(8-11)15(18)21)17(22)14-9-19-16(24-14)13-6-3-7-23-13/h2-9H,10H2,1H3,(H2,18,21). The third-order valence-corrected chi connectivity index (χ3v) is 4.43. The minimum Gasteiger partial charge on any atom is -0.462 e. The highest BCUT2D eigenvalue weighted by Gasteiger charge is 2.17. The fourth-order valence-electron chi connectivity index (χ4n) is 2.24. The molecule has 1 aromatic carbocycles. The zero-order chi connectivity index (χ0) is 17.1. The Kier molecular flexibility index (Phi) is 4.43. The van der Waals surface area contributed by atoms with E-state index in [0.717, 1.165) is 5.56 Å². The van der Waals surface area contributed by atoms with E-state index in [2.05, 4.69) is 4.98 Å². The minimum atomic E-state index is -0.489. The van der Waals surface area contributed by atoms with E-state index in [4.69, 9.17) is 10.2 Å². The maximum absolute atomic E-state index is 12.5. The number of hydrogen-bond acceptors (Lipinski definition) is 5. The first-order chi connectivity index (χ1) is 11.5. The maximum atomic E-state index is 12.5. The topological polar surface area (TPSA) is 89.4 Å². The minimum absolute atomic E-state index is 0.144. The average molecular weight is 341 g/mol. The van der Waals surface area contributed by atoms with Gasteiger partial charge in [0.25, 0.3) is 5.91 Å². The van der Waals surface area contributed by atoms with Crippen LogP contribution in [0.1, 0.15) is 25.6 Å². The van der Waals surface area contributed by atoms with Crippen LogP contribution in [0.5, 0.6) is 0 Å². The summed E-state index contributed by atoms with van der Waals surface area (Å²) in [5.74, 6) is 0.00187. The molecule has 0 bridgehead atoms. The molecular formula is C17H15N3O3S. The summed E-state index contributed by atoms with van der Waals surface area (Å²) in [7, 11) is 1.70. The number of amides is 2. The van der Waals surface area contributed by atoms with Crippen LogP contribution in [-0.4, -0.2) is 28.7 Å². The van der Waals surface area contributed by atoms with Gasteiger partial charge in [-0.15, -0.1) is 11.3 Å². The molecule has 2 amide bonds. The number of hydrogen-bond donors (Lipinski definition) is 1. The number of thiazole rings is 1. The molecule has 0 fully saturated rings. The highest BCUT2D eigenvalue weighted by molar-refractivity contribution is 7.16. The summed E-state index contributed by atoms with van der Waals surface area (Å²) >= 11 is 1.28. The summed E-state index contributed by atoms with van der Waals surface area (Å²) in [5.41, 5.74) is 6.53. The lowest BCUT2D eigenvalue weighted by atomic mass is 10.1. The molecule has 0 radical (unpaired) electrons. The van der Waals surface area contributed by atoms with Crippen LogP contribution in [-0.2, 0) is 6.54 Å². The summed E-state index contributed by atoms with van der Waals surface area (Å²) in [6, 6.07) is 10.5. The summed E-state index contributed by atoms with van der Waals surface area (Å²) in [6.45, 7) is 0.369. The lowest BCUT2D eigenvalue weighted by molar-refractivity contribution is 0.0789. The average Bonchev–Trinajstić information content (AvgIpc) is 3.25. The van der Waals surface area contributed by atoms with Crippen LogP contribution in [0.3, 0.4) is 0 Å². The zero-order valence-electron chi connectivity index (χ0n) is 12.9.